The number of aromatic nitrogens is 2. The van der Waals surface area contributed by atoms with E-state index in [4.69, 9.17) is 24.0 Å². The Morgan fingerprint density at radius 3 is 2.76 bits per heavy atom. The molecule has 4 atom stereocenters. The van der Waals surface area contributed by atoms with Gasteiger partial charge in [0.15, 0.2) is 24.0 Å². The molecular formula is C17H15F5N3O7P. The number of ether oxygens (including phenoxy) is 1. The van der Waals surface area contributed by atoms with Crippen molar-refractivity contribution in [2.75, 3.05) is 12.3 Å². The number of benzene rings is 1. The molecule has 0 bridgehead atoms. The van der Waals surface area contributed by atoms with E-state index in [-0.39, 0.29) is 23.1 Å². The van der Waals surface area contributed by atoms with Crippen LogP contribution in [0.25, 0.3) is 0 Å². The molecule has 0 aliphatic carbocycles. The van der Waals surface area contributed by atoms with E-state index in [1.165, 1.54) is 12.1 Å². The minimum Gasteiger partial charge on any atom is -0.404 e. The van der Waals surface area contributed by atoms with Crippen molar-refractivity contribution < 1.29 is 49.9 Å². The SMILES string of the molecule is Nc1nc(=O)n([C@@H]2O[C@@](COP3(=O)OCc4ccccc4O3)(C(F)F)C(F)(F)[C@H]2O)cc1F. The molecule has 1 saturated heterocycles. The van der Waals surface area contributed by atoms with E-state index in [1.807, 2.05) is 0 Å². The standard InChI is InChI=1S/C17H15F5N3O7P/c18-9-5-25(15(27)24-12(9)23)13-11(26)17(21,22)16(31-13,14(19)20)7-30-33(28)29-6-8-3-1-2-4-10(8)32-33/h1-5,11,13-14,26H,6-7H2,(H2,23,24,27)/t11-,13+,16-,33?/m0/s1. The lowest BCUT2D eigenvalue weighted by Gasteiger charge is -2.34. The van der Waals surface area contributed by atoms with Gasteiger partial charge in [0, 0.05) is 5.56 Å². The largest absolute Gasteiger partial charge is 0.530 e. The average Bonchev–Trinajstić information content (AvgIpc) is 2.96. The third kappa shape index (κ3) is 3.79. The number of hydrogen-bond donors (Lipinski definition) is 2. The molecule has 2 aromatic rings. The summed E-state index contributed by atoms with van der Waals surface area (Å²) >= 11 is 0. The van der Waals surface area contributed by atoms with E-state index in [9.17, 15) is 36.4 Å². The van der Waals surface area contributed by atoms with E-state index >= 15 is 0 Å². The van der Waals surface area contributed by atoms with Crippen LogP contribution in [0.3, 0.4) is 0 Å². The summed E-state index contributed by atoms with van der Waals surface area (Å²) in [5.41, 5.74) is 0.167. The third-order valence-electron chi connectivity index (χ3n) is 5.10. The summed E-state index contributed by atoms with van der Waals surface area (Å²) in [5, 5.41) is 10.0. The zero-order valence-electron chi connectivity index (χ0n) is 16.2. The molecule has 2 aliphatic heterocycles. The second-order valence-electron chi connectivity index (χ2n) is 7.12. The van der Waals surface area contributed by atoms with Crippen LogP contribution >= 0.6 is 7.82 Å². The molecule has 1 aromatic heterocycles. The summed E-state index contributed by atoms with van der Waals surface area (Å²) in [7, 11) is -4.66. The minimum absolute atomic E-state index is 0.0187. The number of phosphoric ester groups is 1. The van der Waals surface area contributed by atoms with Gasteiger partial charge in [-0.05, 0) is 6.07 Å². The number of fused-ring (bicyclic) bond motifs is 1. The number of nitrogens with two attached hydrogens (primary N) is 1. The number of anilines is 1. The van der Waals surface area contributed by atoms with Crippen molar-refractivity contribution in [3.63, 3.8) is 0 Å². The van der Waals surface area contributed by atoms with Crippen LogP contribution in [0.1, 0.15) is 11.8 Å². The summed E-state index contributed by atoms with van der Waals surface area (Å²) in [6.45, 7) is -2.12. The first kappa shape index (κ1) is 23.6. The van der Waals surface area contributed by atoms with Crippen molar-refractivity contribution in [2.24, 2.45) is 0 Å². The predicted octanol–water partition coefficient (Wildman–Crippen LogP) is 2.23. The lowest BCUT2D eigenvalue weighted by Crippen LogP contribution is -2.57. The number of halogens is 5. The maximum atomic E-state index is 14.9. The molecule has 10 nitrogen and oxygen atoms in total. The molecule has 0 saturated carbocycles. The van der Waals surface area contributed by atoms with Crippen LogP contribution in [-0.2, 0) is 25.0 Å². The molecule has 3 N–H and O–H groups in total. The van der Waals surface area contributed by atoms with Crippen LogP contribution in [-0.4, -0.2) is 45.3 Å². The van der Waals surface area contributed by atoms with Gasteiger partial charge in [0.1, 0.15) is 12.4 Å². The number of aliphatic hydroxyl groups is 1. The summed E-state index contributed by atoms with van der Waals surface area (Å²) < 4.78 is 104. The monoisotopic (exact) mass is 499 g/mol. The molecule has 3 heterocycles. The Morgan fingerprint density at radius 2 is 2.06 bits per heavy atom. The van der Waals surface area contributed by atoms with Crippen LogP contribution in [0.15, 0.2) is 35.3 Å². The van der Waals surface area contributed by atoms with Gasteiger partial charge in [0.25, 0.3) is 6.43 Å². The van der Waals surface area contributed by atoms with Gasteiger partial charge in [-0.25, -0.2) is 22.5 Å². The van der Waals surface area contributed by atoms with Gasteiger partial charge < -0.3 is 20.1 Å². The first-order chi connectivity index (χ1) is 15.4. The van der Waals surface area contributed by atoms with Crippen molar-refractivity contribution >= 4 is 13.6 Å². The molecule has 1 unspecified atom stereocenters. The maximum absolute atomic E-state index is 14.9. The predicted molar refractivity (Wildman–Crippen MR) is 98.1 cm³/mol. The zero-order chi connectivity index (χ0) is 24.2. The summed E-state index contributed by atoms with van der Waals surface area (Å²) in [4.78, 5) is 15.0. The first-order valence-corrected chi connectivity index (χ1v) is 10.6. The van der Waals surface area contributed by atoms with Gasteiger partial charge in [-0.3, -0.25) is 13.6 Å². The van der Waals surface area contributed by atoms with Gasteiger partial charge >= 0.3 is 19.4 Å². The molecule has 0 radical (unpaired) electrons. The van der Waals surface area contributed by atoms with Gasteiger partial charge in [-0.2, -0.15) is 13.8 Å². The van der Waals surface area contributed by atoms with Gasteiger partial charge in [-0.1, -0.05) is 18.2 Å². The number of nitrogens with zero attached hydrogens (tertiary/aromatic N) is 2. The Labute approximate surface area is 181 Å². The highest BCUT2D eigenvalue weighted by Gasteiger charge is 2.74. The molecule has 16 heteroatoms. The number of hydrogen-bond acceptors (Lipinski definition) is 9. The van der Waals surface area contributed by atoms with Crippen LogP contribution in [0.4, 0.5) is 27.8 Å². The zero-order valence-corrected chi connectivity index (χ0v) is 17.1. The Hall–Kier alpha value is -2.58. The highest BCUT2D eigenvalue weighted by Crippen LogP contribution is 2.58. The normalized spacial score (nSPS) is 30.8. The fourth-order valence-electron chi connectivity index (χ4n) is 3.27. The highest BCUT2D eigenvalue weighted by atomic mass is 31.2. The molecule has 4 rings (SSSR count). The second kappa shape index (κ2) is 8.02. The third-order valence-corrected chi connectivity index (χ3v) is 6.41. The van der Waals surface area contributed by atoms with Gasteiger partial charge in [0.05, 0.1) is 12.8 Å². The quantitative estimate of drug-likeness (QED) is 0.469. The number of phosphoric acid groups is 1. The first-order valence-electron chi connectivity index (χ1n) is 9.13. The molecular weight excluding hydrogens is 484 g/mol. The molecule has 0 amide bonds. The molecule has 180 valence electrons. The lowest BCUT2D eigenvalue weighted by atomic mass is 9.95. The van der Waals surface area contributed by atoms with E-state index < -0.39 is 62.0 Å². The number of alkyl halides is 4. The van der Waals surface area contributed by atoms with Gasteiger partial charge in [0.2, 0.25) is 5.60 Å². The van der Waals surface area contributed by atoms with Crippen LogP contribution in [0, 0.1) is 5.82 Å². The fourth-order valence-corrected chi connectivity index (χ4v) is 4.52. The van der Waals surface area contributed by atoms with E-state index in [2.05, 4.69) is 4.98 Å². The van der Waals surface area contributed by atoms with Crippen LogP contribution < -0.4 is 15.9 Å². The fraction of sp³-hybridized carbons (Fsp3) is 0.412. The number of aliphatic hydroxyl groups excluding tert-OH is 1. The van der Waals surface area contributed by atoms with Crippen molar-refractivity contribution in [3.8, 4) is 5.75 Å². The molecule has 1 aromatic carbocycles. The van der Waals surface area contributed by atoms with E-state index in [1.54, 1.807) is 12.1 Å². The average molecular weight is 499 g/mol. The van der Waals surface area contributed by atoms with E-state index in [0.29, 0.717) is 5.56 Å². The lowest BCUT2D eigenvalue weighted by molar-refractivity contribution is -0.243. The second-order valence-corrected chi connectivity index (χ2v) is 8.72. The van der Waals surface area contributed by atoms with Crippen LogP contribution in [0.5, 0.6) is 5.75 Å². The smallest absolute Gasteiger partial charge is 0.404 e. The van der Waals surface area contributed by atoms with Crippen molar-refractivity contribution in [3.05, 3.63) is 52.3 Å². The van der Waals surface area contributed by atoms with Gasteiger partial charge in [-0.15, -0.1) is 0 Å². The van der Waals surface area contributed by atoms with E-state index in [0.717, 1.165) is 0 Å². The summed E-state index contributed by atoms with van der Waals surface area (Å²) in [6.07, 6.45) is -9.36. The summed E-state index contributed by atoms with van der Waals surface area (Å²) in [5.74, 6) is -7.00. The van der Waals surface area contributed by atoms with Crippen molar-refractivity contribution in [2.45, 2.75) is 36.9 Å². The van der Waals surface area contributed by atoms with Crippen molar-refractivity contribution in [1.82, 2.24) is 9.55 Å². The minimum atomic E-state index is -4.78. The Morgan fingerprint density at radius 1 is 1.36 bits per heavy atom. The maximum Gasteiger partial charge on any atom is 0.530 e. The highest BCUT2D eigenvalue weighted by molar-refractivity contribution is 7.49. The number of nitrogen functional groups attached to an aromatic ring is 1. The molecule has 1 fully saturated rings. The van der Waals surface area contributed by atoms with Crippen LogP contribution in [0.2, 0.25) is 0 Å². The number of rotatable bonds is 5. The Balaban J connectivity index is 1.65. The van der Waals surface area contributed by atoms with Crippen molar-refractivity contribution in [1.29, 1.82) is 0 Å². The summed E-state index contributed by atoms with van der Waals surface area (Å²) in [6, 6.07) is 6.03. The Bertz CT molecular complexity index is 1180. The topological polar surface area (TPSA) is 135 Å². The molecule has 33 heavy (non-hydrogen) atoms. The Kier molecular flexibility index (Phi) is 5.73. The number of para-hydroxylation sites is 1. The molecule has 0 spiro atoms. The molecule has 2 aliphatic rings.